The molecule has 0 bridgehead atoms. The van der Waals surface area contributed by atoms with E-state index in [1.54, 1.807) is 12.3 Å². The predicted octanol–water partition coefficient (Wildman–Crippen LogP) is 3.77. The molecule has 1 amide bonds. The van der Waals surface area contributed by atoms with Crippen molar-refractivity contribution in [1.82, 2.24) is 4.98 Å². The number of anilines is 1. The first-order valence-corrected chi connectivity index (χ1v) is 7.05. The Kier molecular flexibility index (Phi) is 4.01. The van der Waals surface area contributed by atoms with E-state index in [0.29, 0.717) is 18.0 Å². The molecule has 1 aromatic heterocycles. The molecule has 0 spiro atoms. The first-order valence-electron chi connectivity index (χ1n) is 7.05. The maximum absolute atomic E-state index is 11.4. The molecule has 0 atom stereocenters. The molecule has 0 fully saturated rings. The number of benzene rings is 2. The molecule has 4 nitrogen and oxygen atoms in total. The summed E-state index contributed by atoms with van der Waals surface area (Å²) < 4.78 is 5.84. The number of nitrogens with one attached hydrogen (secondary N) is 1. The third kappa shape index (κ3) is 3.23. The second-order valence-electron chi connectivity index (χ2n) is 5.00. The van der Waals surface area contributed by atoms with Gasteiger partial charge < -0.3 is 10.1 Å². The molecule has 4 heteroatoms. The van der Waals surface area contributed by atoms with Crippen LogP contribution in [-0.2, 0) is 11.4 Å². The molecule has 3 rings (SSSR count). The largest absolute Gasteiger partial charge is 0.489 e. The van der Waals surface area contributed by atoms with E-state index < -0.39 is 0 Å². The quantitative estimate of drug-likeness (QED) is 0.796. The van der Waals surface area contributed by atoms with E-state index in [4.69, 9.17) is 4.74 Å². The summed E-state index contributed by atoms with van der Waals surface area (Å²) in [7, 11) is 0. The van der Waals surface area contributed by atoms with Crippen LogP contribution in [0.15, 0.2) is 60.8 Å². The van der Waals surface area contributed by atoms with Crippen molar-refractivity contribution >= 4 is 22.5 Å². The van der Waals surface area contributed by atoms with Crippen LogP contribution in [0.5, 0.6) is 5.75 Å². The van der Waals surface area contributed by atoms with Crippen LogP contribution >= 0.6 is 0 Å². The van der Waals surface area contributed by atoms with Crippen LogP contribution in [-0.4, -0.2) is 10.9 Å². The van der Waals surface area contributed by atoms with Gasteiger partial charge in [0.25, 0.3) is 0 Å². The van der Waals surface area contributed by atoms with E-state index in [0.717, 1.165) is 16.5 Å². The van der Waals surface area contributed by atoms with Crippen LogP contribution < -0.4 is 10.1 Å². The van der Waals surface area contributed by atoms with Gasteiger partial charge in [0.1, 0.15) is 12.4 Å². The highest BCUT2D eigenvalue weighted by molar-refractivity contribution is 6.00. The molecule has 0 unspecified atom stereocenters. The minimum absolute atomic E-state index is 0.132. The lowest BCUT2D eigenvalue weighted by molar-refractivity contribution is -0.114. The molecule has 0 saturated carbocycles. The number of amides is 1. The molecular weight excluding hydrogens is 276 g/mol. The van der Waals surface area contributed by atoms with Gasteiger partial charge in [-0.3, -0.25) is 9.78 Å². The maximum atomic E-state index is 11.4. The fourth-order valence-electron chi connectivity index (χ4n) is 2.27. The van der Waals surface area contributed by atoms with Gasteiger partial charge in [-0.05, 0) is 17.7 Å². The zero-order chi connectivity index (χ0) is 15.4. The number of pyridine rings is 1. The first kappa shape index (κ1) is 14.1. The zero-order valence-electron chi connectivity index (χ0n) is 12.2. The minimum Gasteiger partial charge on any atom is -0.489 e. The fourth-order valence-corrected chi connectivity index (χ4v) is 2.27. The normalized spacial score (nSPS) is 10.4. The van der Waals surface area contributed by atoms with E-state index in [1.165, 1.54) is 6.92 Å². The Morgan fingerprint density at radius 1 is 1.14 bits per heavy atom. The monoisotopic (exact) mass is 292 g/mol. The van der Waals surface area contributed by atoms with Gasteiger partial charge in [-0.2, -0.15) is 0 Å². The lowest BCUT2D eigenvalue weighted by atomic mass is 10.1. The molecular formula is C18H16N2O2. The number of nitrogens with zero attached hydrogens (tertiary/aromatic N) is 1. The highest BCUT2D eigenvalue weighted by Gasteiger charge is 2.07. The van der Waals surface area contributed by atoms with E-state index in [9.17, 15) is 4.79 Å². The number of carbonyl (C=O) groups excluding carboxylic acids is 1. The third-order valence-electron chi connectivity index (χ3n) is 3.24. The molecule has 2 aromatic carbocycles. The first-order chi connectivity index (χ1) is 10.7. The van der Waals surface area contributed by atoms with Crippen LogP contribution in [0.4, 0.5) is 5.69 Å². The smallest absolute Gasteiger partial charge is 0.221 e. The summed E-state index contributed by atoms with van der Waals surface area (Å²) in [4.78, 5) is 15.7. The second-order valence-corrected chi connectivity index (χ2v) is 5.00. The zero-order valence-corrected chi connectivity index (χ0v) is 12.2. The average molecular weight is 292 g/mol. The number of ether oxygens (including phenoxy) is 1. The average Bonchev–Trinajstić information content (AvgIpc) is 2.53. The molecule has 1 heterocycles. The Balaban J connectivity index is 1.91. The Morgan fingerprint density at radius 2 is 1.95 bits per heavy atom. The van der Waals surface area contributed by atoms with Crippen molar-refractivity contribution in [3.63, 3.8) is 0 Å². The number of rotatable bonds is 4. The van der Waals surface area contributed by atoms with Crippen molar-refractivity contribution in [2.75, 3.05) is 5.32 Å². The van der Waals surface area contributed by atoms with E-state index in [1.807, 2.05) is 48.5 Å². The summed E-state index contributed by atoms with van der Waals surface area (Å²) in [5, 5.41) is 3.73. The summed E-state index contributed by atoms with van der Waals surface area (Å²) in [6, 6.07) is 17.5. The second kappa shape index (κ2) is 6.26. The van der Waals surface area contributed by atoms with Crippen molar-refractivity contribution in [3.05, 3.63) is 66.4 Å². The van der Waals surface area contributed by atoms with Gasteiger partial charge in [0.05, 0.1) is 11.2 Å². The van der Waals surface area contributed by atoms with Gasteiger partial charge >= 0.3 is 0 Å². The van der Waals surface area contributed by atoms with E-state index in [-0.39, 0.29) is 5.91 Å². The van der Waals surface area contributed by atoms with Gasteiger partial charge in [-0.15, -0.1) is 0 Å². The van der Waals surface area contributed by atoms with Crippen molar-refractivity contribution in [2.45, 2.75) is 13.5 Å². The molecule has 110 valence electrons. The Morgan fingerprint density at radius 3 is 2.73 bits per heavy atom. The molecule has 0 aliphatic carbocycles. The van der Waals surface area contributed by atoms with Crippen molar-refractivity contribution in [2.24, 2.45) is 0 Å². The van der Waals surface area contributed by atoms with Crippen molar-refractivity contribution < 1.29 is 9.53 Å². The van der Waals surface area contributed by atoms with Crippen LogP contribution in [0.1, 0.15) is 12.5 Å². The topological polar surface area (TPSA) is 51.2 Å². The molecule has 3 aromatic rings. The number of carbonyl (C=O) groups is 1. The van der Waals surface area contributed by atoms with Gasteiger partial charge in [0, 0.05) is 24.6 Å². The molecule has 0 aliphatic heterocycles. The van der Waals surface area contributed by atoms with E-state index in [2.05, 4.69) is 10.3 Å². The van der Waals surface area contributed by atoms with Gasteiger partial charge in [0.15, 0.2) is 0 Å². The van der Waals surface area contributed by atoms with E-state index >= 15 is 0 Å². The van der Waals surface area contributed by atoms with Crippen molar-refractivity contribution in [3.8, 4) is 5.75 Å². The van der Waals surface area contributed by atoms with Gasteiger partial charge in [0.2, 0.25) is 5.91 Å². The number of hydrogen-bond acceptors (Lipinski definition) is 3. The lowest BCUT2D eigenvalue weighted by Gasteiger charge is -2.11. The fraction of sp³-hybridized carbons (Fsp3) is 0.111. The number of aromatic nitrogens is 1. The SMILES string of the molecule is CC(=O)Nc1cc(OCc2ccccc2)cc2cccnc12. The molecule has 0 radical (unpaired) electrons. The number of fused-ring (bicyclic) bond motifs is 1. The molecule has 22 heavy (non-hydrogen) atoms. The van der Waals surface area contributed by atoms with Gasteiger partial charge in [-0.25, -0.2) is 0 Å². The lowest BCUT2D eigenvalue weighted by Crippen LogP contribution is -2.07. The highest BCUT2D eigenvalue weighted by atomic mass is 16.5. The number of hydrogen-bond donors (Lipinski definition) is 1. The summed E-state index contributed by atoms with van der Waals surface area (Å²) in [6.45, 7) is 1.96. The molecule has 0 aliphatic rings. The third-order valence-corrected chi connectivity index (χ3v) is 3.24. The van der Waals surface area contributed by atoms with Crippen LogP contribution in [0.25, 0.3) is 10.9 Å². The van der Waals surface area contributed by atoms with Crippen LogP contribution in [0, 0.1) is 0 Å². The standard InChI is InChI=1S/C18H16N2O2/c1-13(21)20-17-11-16(10-15-8-5-9-19-18(15)17)22-12-14-6-3-2-4-7-14/h2-11H,12H2,1H3,(H,20,21). The van der Waals surface area contributed by atoms with Crippen molar-refractivity contribution in [1.29, 1.82) is 0 Å². The van der Waals surface area contributed by atoms with Gasteiger partial charge in [-0.1, -0.05) is 36.4 Å². The summed E-state index contributed by atoms with van der Waals surface area (Å²) in [5.41, 5.74) is 2.51. The summed E-state index contributed by atoms with van der Waals surface area (Å²) in [5.74, 6) is 0.570. The molecule has 0 saturated heterocycles. The molecule has 1 N–H and O–H groups in total. The Bertz CT molecular complexity index is 801. The Hall–Kier alpha value is -2.88. The highest BCUT2D eigenvalue weighted by Crippen LogP contribution is 2.28. The van der Waals surface area contributed by atoms with Crippen LogP contribution in [0.2, 0.25) is 0 Å². The summed E-state index contributed by atoms with van der Waals surface area (Å²) >= 11 is 0. The maximum Gasteiger partial charge on any atom is 0.221 e. The Labute approximate surface area is 128 Å². The minimum atomic E-state index is -0.132. The summed E-state index contributed by atoms with van der Waals surface area (Å²) in [6.07, 6.45) is 1.71. The predicted molar refractivity (Wildman–Crippen MR) is 86.8 cm³/mol. The van der Waals surface area contributed by atoms with Crippen LogP contribution in [0.3, 0.4) is 0 Å².